The van der Waals surface area contributed by atoms with Gasteiger partial charge >= 0.3 is 11.9 Å². The normalized spacial score (nSPS) is 12.5. The highest BCUT2D eigenvalue weighted by Crippen LogP contribution is 2.20. The molecular formula is C25H22N2O6. The fourth-order valence-corrected chi connectivity index (χ4v) is 3.23. The first-order valence-corrected chi connectivity index (χ1v) is 10.0. The lowest BCUT2D eigenvalue weighted by Crippen LogP contribution is -2.23. The number of hydrogen-bond acceptors (Lipinski definition) is 7. The number of carbonyl (C=O) groups is 2. The SMILES string of the molecule is COC(=O)/C(=C/c1ccc([N+](=O)[O-])cc1)C[C@@H](N=Cc1ccc2ccccc2c1)C(=O)OC. The highest BCUT2D eigenvalue weighted by molar-refractivity contribution is 5.95. The van der Waals surface area contributed by atoms with E-state index in [4.69, 9.17) is 9.47 Å². The summed E-state index contributed by atoms with van der Waals surface area (Å²) >= 11 is 0. The molecule has 8 heteroatoms. The zero-order valence-corrected chi connectivity index (χ0v) is 18.1. The maximum absolute atomic E-state index is 12.4. The predicted octanol–water partition coefficient (Wildman–Crippen LogP) is 4.36. The number of aliphatic imine (C=N–C) groups is 1. The Balaban J connectivity index is 1.88. The summed E-state index contributed by atoms with van der Waals surface area (Å²) in [5.41, 5.74) is 1.45. The number of esters is 2. The van der Waals surface area contributed by atoms with Crippen LogP contribution in [0, 0.1) is 10.1 Å². The van der Waals surface area contributed by atoms with E-state index in [1.54, 1.807) is 6.21 Å². The number of benzene rings is 3. The molecule has 0 aliphatic carbocycles. The van der Waals surface area contributed by atoms with Gasteiger partial charge in [0.15, 0.2) is 6.04 Å². The summed E-state index contributed by atoms with van der Waals surface area (Å²) < 4.78 is 9.72. The summed E-state index contributed by atoms with van der Waals surface area (Å²) in [6.07, 6.45) is 3.01. The second-order valence-electron chi connectivity index (χ2n) is 7.14. The quantitative estimate of drug-likeness (QED) is 0.167. The van der Waals surface area contributed by atoms with Crippen LogP contribution in [-0.2, 0) is 19.1 Å². The molecule has 0 aliphatic heterocycles. The molecule has 0 unspecified atom stereocenters. The van der Waals surface area contributed by atoms with Crippen LogP contribution in [0.4, 0.5) is 5.69 Å². The summed E-state index contributed by atoms with van der Waals surface area (Å²) in [7, 11) is 2.48. The van der Waals surface area contributed by atoms with Crippen molar-refractivity contribution in [2.45, 2.75) is 12.5 Å². The van der Waals surface area contributed by atoms with Crippen LogP contribution in [0.15, 0.2) is 77.3 Å². The first-order chi connectivity index (χ1) is 15.9. The van der Waals surface area contributed by atoms with Gasteiger partial charge in [0, 0.05) is 30.3 Å². The summed E-state index contributed by atoms with van der Waals surface area (Å²) in [6, 6.07) is 18.3. The third-order valence-electron chi connectivity index (χ3n) is 4.96. The Morgan fingerprint density at radius 2 is 1.64 bits per heavy atom. The van der Waals surface area contributed by atoms with Crippen molar-refractivity contribution in [2.75, 3.05) is 14.2 Å². The Hall–Kier alpha value is -4.33. The van der Waals surface area contributed by atoms with E-state index >= 15 is 0 Å². The molecule has 3 rings (SSSR count). The average Bonchev–Trinajstić information content (AvgIpc) is 2.84. The summed E-state index contributed by atoms with van der Waals surface area (Å²) in [5, 5.41) is 13.0. The number of nitro groups is 1. The number of hydrogen-bond donors (Lipinski definition) is 0. The van der Waals surface area contributed by atoms with E-state index in [9.17, 15) is 19.7 Å². The third-order valence-corrected chi connectivity index (χ3v) is 4.96. The molecule has 0 amide bonds. The van der Waals surface area contributed by atoms with Gasteiger partial charge in [0.25, 0.3) is 5.69 Å². The van der Waals surface area contributed by atoms with E-state index in [2.05, 4.69) is 4.99 Å². The van der Waals surface area contributed by atoms with Gasteiger partial charge in [0.2, 0.25) is 0 Å². The first kappa shape index (κ1) is 23.3. The molecule has 0 heterocycles. The molecule has 0 N–H and O–H groups in total. The van der Waals surface area contributed by atoms with Gasteiger partial charge in [-0.15, -0.1) is 0 Å². The van der Waals surface area contributed by atoms with Gasteiger partial charge in [0.05, 0.1) is 19.1 Å². The minimum atomic E-state index is -0.982. The number of nitro benzene ring substituents is 1. The van der Waals surface area contributed by atoms with Gasteiger partial charge in [-0.3, -0.25) is 15.1 Å². The minimum absolute atomic E-state index is 0.0690. The standard InChI is InChI=1S/C25H22N2O6/c1-32-24(28)21(13-17-8-11-22(12-9-17)27(30)31)15-23(25(29)33-2)26-16-18-7-10-19-5-3-4-6-20(19)14-18/h3-14,16,23H,15H2,1-2H3/b21-13+,26-16?/t23-/m1/s1. The number of nitrogens with zero attached hydrogens (tertiary/aromatic N) is 2. The number of non-ortho nitro benzene ring substituents is 1. The van der Waals surface area contributed by atoms with Crippen molar-refractivity contribution in [3.63, 3.8) is 0 Å². The molecule has 168 valence electrons. The van der Waals surface area contributed by atoms with Gasteiger partial charge in [-0.2, -0.15) is 0 Å². The fraction of sp³-hybridized carbons (Fsp3) is 0.160. The summed E-state index contributed by atoms with van der Waals surface area (Å²) in [6.45, 7) is 0. The van der Waals surface area contributed by atoms with E-state index in [1.807, 2.05) is 42.5 Å². The van der Waals surface area contributed by atoms with Crippen LogP contribution in [0.5, 0.6) is 0 Å². The van der Waals surface area contributed by atoms with E-state index < -0.39 is 22.9 Å². The van der Waals surface area contributed by atoms with Gasteiger partial charge < -0.3 is 9.47 Å². The lowest BCUT2D eigenvalue weighted by Gasteiger charge is -2.12. The van der Waals surface area contributed by atoms with Crippen LogP contribution >= 0.6 is 0 Å². The largest absolute Gasteiger partial charge is 0.467 e. The predicted molar refractivity (Wildman–Crippen MR) is 125 cm³/mol. The van der Waals surface area contributed by atoms with E-state index in [0.717, 1.165) is 16.3 Å². The van der Waals surface area contributed by atoms with Crippen LogP contribution in [0.1, 0.15) is 17.5 Å². The van der Waals surface area contributed by atoms with Crippen molar-refractivity contribution in [1.29, 1.82) is 0 Å². The summed E-state index contributed by atoms with van der Waals surface area (Å²) in [5.74, 6) is -1.24. The molecule has 0 bridgehead atoms. The molecule has 0 aliphatic rings. The van der Waals surface area contributed by atoms with Crippen molar-refractivity contribution >= 4 is 40.7 Å². The monoisotopic (exact) mass is 446 g/mol. The second kappa shape index (κ2) is 10.8. The Morgan fingerprint density at radius 3 is 2.27 bits per heavy atom. The lowest BCUT2D eigenvalue weighted by atomic mass is 10.0. The topological polar surface area (TPSA) is 108 Å². The van der Waals surface area contributed by atoms with Crippen LogP contribution in [0.25, 0.3) is 16.8 Å². The lowest BCUT2D eigenvalue weighted by molar-refractivity contribution is -0.384. The molecule has 3 aromatic rings. The van der Waals surface area contributed by atoms with E-state index in [1.165, 1.54) is 44.6 Å². The molecule has 0 radical (unpaired) electrons. The first-order valence-electron chi connectivity index (χ1n) is 10.0. The highest BCUT2D eigenvalue weighted by Gasteiger charge is 2.23. The van der Waals surface area contributed by atoms with Gasteiger partial charge in [-0.25, -0.2) is 9.59 Å². The zero-order chi connectivity index (χ0) is 23.8. The van der Waals surface area contributed by atoms with Crippen molar-refractivity contribution in [2.24, 2.45) is 4.99 Å². The fourth-order valence-electron chi connectivity index (χ4n) is 3.23. The zero-order valence-electron chi connectivity index (χ0n) is 18.1. The van der Waals surface area contributed by atoms with E-state index in [0.29, 0.717) is 5.56 Å². The third kappa shape index (κ3) is 6.10. The summed E-state index contributed by atoms with van der Waals surface area (Å²) in [4.78, 5) is 39.4. The van der Waals surface area contributed by atoms with Crippen molar-refractivity contribution in [3.05, 3.63) is 93.5 Å². The minimum Gasteiger partial charge on any atom is -0.467 e. The van der Waals surface area contributed by atoms with Crippen LogP contribution in [0.2, 0.25) is 0 Å². The Morgan fingerprint density at radius 1 is 0.970 bits per heavy atom. The molecule has 0 saturated carbocycles. The molecule has 33 heavy (non-hydrogen) atoms. The molecule has 0 saturated heterocycles. The smallest absolute Gasteiger partial charge is 0.333 e. The molecular weight excluding hydrogens is 424 g/mol. The van der Waals surface area contributed by atoms with Crippen LogP contribution < -0.4 is 0 Å². The second-order valence-corrected chi connectivity index (χ2v) is 7.14. The van der Waals surface area contributed by atoms with Crippen molar-refractivity contribution in [3.8, 4) is 0 Å². The van der Waals surface area contributed by atoms with Gasteiger partial charge in [-0.1, -0.05) is 36.4 Å². The van der Waals surface area contributed by atoms with Crippen molar-refractivity contribution in [1.82, 2.24) is 0 Å². The van der Waals surface area contributed by atoms with Gasteiger partial charge in [-0.05, 0) is 46.2 Å². The highest BCUT2D eigenvalue weighted by atomic mass is 16.6. The van der Waals surface area contributed by atoms with Crippen molar-refractivity contribution < 1.29 is 24.0 Å². The maximum atomic E-state index is 12.4. The van der Waals surface area contributed by atoms with Gasteiger partial charge in [0.1, 0.15) is 0 Å². The molecule has 1 atom stereocenters. The number of ether oxygens (including phenoxy) is 2. The Labute approximate surface area is 190 Å². The average molecular weight is 446 g/mol. The van der Waals surface area contributed by atoms with Crippen LogP contribution in [-0.4, -0.2) is 43.3 Å². The molecule has 0 aromatic heterocycles. The molecule has 3 aromatic carbocycles. The maximum Gasteiger partial charge on any atom is 0.333 e. The molecule has 8 nitrogen and oxygen atoms in total. The number of fused-ring (bicyclic) bond motifs is 1. The van der Waals surface area contributed by atoms with Crippen LogP contribution in [0.3, 0.4) is 0 Å². The number of carbonyl (C=O) groups excluding carboxylic acids is 2. The molecule has 0 fully saturated rings. The Kier molecular flexibility index (Phi) is 7.64. The van der Waals surface area contributed by atoms with E-state index in [-0.39, 0.29) is 17.7 Å². The molecule has 0 spiro atoms. The Bertz CT molecular complexity index is 1230. The number of rotatable bonds is 8. The number of methoxy groups -OCH3 is 2.